The summed E-state index contributed by atoms with van der Waals surface area (Å²) in [4.78, 5) is 9.43. The van der Waals surface area contributed by atoms with E-state index < -0.39 is 22.7 Å². The minimum atomic E-state index is -0.896. The molecule has 3 aromatic heterocycles. The number of fused-ring (bicyclic) bond motifs is 2. The molecule has 8 rings (SSSR count). The molecular weight excluding hydrogens is 450 g/mol. The van der Waals surface area contributed by atoms with Crippen molar-refractivity contribution >= 4 is 0 Å². The zero-order valence-corrected chi connectivity index (χ0v) is 18.8. The first-order chi connectivity index (χ1) is 17.0. The van der Waals surface area contributed by atoms with Gasteiger partial charge in [-0.2, -0.15) is 10.2 Å². The number of hydrogen-bond donors (Lipinski definition) is 2. The minimum absolute atomic E-state index is 0.142. The van der Waals surface area contributed by atoms with Gasteiger partial charge < -0.3 is 5.11 Å². The average molecular weight is 472 g/mol. The Hall–Kier alpha value is -3.59. The highest BCUT2D eigenvalue weighted by molar-refractivity contribution is 5.63. The third-order valence-electron chi connectivity index (χ3n) is 7.89. The Morgan fingerprint density at radius 3 is 2.37 bits per heavy atom. The van der Waals surface area contributed by atoms with Gasteiger partial charge in [-0.3, -0.25) is 5.10 Å². The number of pyridine rings is 1. The maximum Gasteiger partial charge on any atom is 0.199 e. The van der Waals surface area contributed by atoms with Crippen molar-refractivity contribution < 1.29 is 13.9 Å². The number of halogens is 2. The summed E-state index contributed by atoms with van der Waals surface area (Å²) >= 11 is 0. The highest BCUT2D eigenvalue weighted by Gasteiger charge is 2.49. The molecule has 0 amide bonds. The lowest BCUT2D eigenvalue weighted by molar-refractivity contribution is 0.141. The van der Waals surface area contributed by atoms with E-state index in [1.165, 1.54) is 18.2 Å². The second kappa shape index (κ2) is 7.21. The summed E-state index contributed by atoms with van der Waals surface area (Å²) in [6.45, 7) is 0. The molecule has 2 fully saturated rings. The zero-order chi connectivity index (χ0) is 23.8. The molecule has 2 saturated carbocycles. The van der Waals surface area contributed by atoms with Gasteiger partial charge in [0.15, 0.2) is 11.6 Å². The predicted octanol–water partition coefficient (Wildman–Crippen LogP) is 4.54. The van der Waals surface area contributed by atoms with Crippen molar-refractivity contribution in [1.29, 1.82) is 0 Å². The van der Waals surface area contributed by atoms with Gasteiger partial charge in [0.1, 0.15) is 22.9 Å². The summed E-state index contributed by atoms with van der Waals surface area (Å²) < 4.78 is 28.9. The lowest BCUT2D eigenvalue weighted by atomic mass is 9.58. The molecule has 0 saturated heterocycles. The summed E-state index contributed by atoms with van der Waals surface area (Å²) in [5, 5.41) is 26.3. The Bertz CT molecular complexity index is 1450. The smallest absolute Gasteiger partial charge is 0.199 e. The van der Waals surface area contributed by atoms with Crippen LogP contribution in [0.15, 0.2) is 42.5 Å². The fourth-order valence-electron chi connectivity index (χ4n) is 5.76. The van der Waals surface area contributed by atoms with E-state index in [9.17, 15) is 13.9 Å². The van der Waals surface area contributed by atoms with E-state index in [2.05, 4.69) is 25.4 Å². The Labute approximate surface area is 199 Å². The molecule has 35 heavy (non-hydrogen) atoms. The quantitative estimate of drug-likeness (QED) is 0.452. The van der Waals surface area contributed by atoms with Crippen LogP contribution in [0.3, 0.4) is 0 Å². The van der Waals surface area contributed by atoms with Gasteiger partial charge in [0.2, 0.25) is 0 Å². The average Bonchev–Trinajstić information content (AvgIpc) is 3.43. The van der Waals surface area contributed by atoms with Crippen LogP contribution in [-0.4, -0.2) is 35.5 Å². The normalized spacial score (nSPS) is 23.8. The van der Waals surface area contributed by atoms with Crippen LogP contribution in [0.25, 0.3) is 22.8 Å². The molecule has 9 heteroatoms. The van der Waals surface area contributed by atoms with Gasteiger partial charge in [-0.15, -0.1) is 5.10 Å². The second-order valence-electron chi connectivity index (χ2n) is 9.93. The number of aliphatic hydroxyl groups is 1. The van der Waals surface area contributed by atoms with Crippen LogP contribution in [0.2, 0.25) is 0 Å². The molecule has 0 aliphatic heterocycles. The molecule has 4 aromatic rings. The number of rotatable bonds is 4. The van der Waals surface area contributed by atoms with Gasteiger partial charge in [0.25, 0.3) is 0 Å². The molecule has 7 nitrogen and oxygen atoms in total. The summed E-state index contributed by atoms with van der Waals surface area (Å²) in [5.41, 5.74) is 2.08. The van der Waals surface area contributed by atoms with Crippen LogP contribution in [0.1, 0.15) is 67.2 Å². The van der Waals surface area contributed by atoms with Crippen LogP contribution in [0.4, 0.5) is 8.78 Å². The molecule has 176 valence electrons. The van der Waals surface area contributed by atoms with E-state index in [0.29, 0.717) is 30.2 Å². The maximum atomic E-state index is 14.4. The monoisotopic (exact) mass is 472 g/mol. The van der Waals surface area contributed by atoms with E-state index >= 15 is 0 Å². The molecule has 0 radical (unpaired) electrons. The SMILES string of the molecule is OC1(c2nc(-c3cccc(C45CCC(CC4)c4cc(-c6c(F)cccc6F)nnc45)n3)n[nH]2)CC1. The number of nitrogens with zero attached hydrogens (tertiary/aromatic N) is 5. The zero-order valence-electron chi connectivity index (χ0n) is 18.8. The van der Waals surface area contributed by atoms with Crippen molar-refractivity contribution in [2.45, 2.75) is 55.5 Å². The van der Waals surface area contributed by atoms with Crippen LogP contribution in [0, 0.1) is 11.6 Å². The fourth-order valence-corrected chi connectivity index (χ4v) is 5.76. The fraction of sp³-hybridized carbons (Fsp3) is 0.346. The number of H-pyrrole nitrogens is 1. The first-order valence-electron chi connectivity index (χ1n) is 11.9. The largest absolute Gasteiger partial charge is 0.382 e. The molecule has 3 heterocycles. The van der Waals surface area contributed by atoms with E-state index in [4.69, 9.17) is 4.98 Å². The molecule has 2 N–H and O–H groups in total. The minimum Gasteiger partial charge on any atom is -0.382 e. The van der Waals surface area contributed by atoms with E-state index in [1.807, 2.05) is 24.3 Å². The Kier molecular flexibility index (Phi) is 4.27. The van der Waals surface area contributed by atoms with Crippen LogP contribution >= 0.6 is 0 Å². The first-order valence-corrected chi connectivity index (χ1v) is 11.9. The highest BCUT2D eigenvalue weighted by Crippen LogP contribution is 2.55. The Morgan fingerprint density at radius 1 is 0.886 bits per heavy atom. The summed E-state index contributed by atoms with van der Waals surface area (Å²) in [5.74, 6) is -0.0917. The van der Waals surface area contributed by atoms with Crippen LogP contribution in [-0.2, 0) is 11.0 Å². The lowest BCUT2D eigenvalue weighted by Crippen LogP contribution is -2.41. The van der Waals surface area contributed by atoms with Gasteiger partial charge in [0, 0.05) is 0 Å². The van der Waals surface area contributed by atoms with Gasteiger partial charge in [0.05, 0.1) is 28.1 Å². The van der Waals surface area contributed by atoms with Crippen molar-refractivity contribution in [1.82, 2.24) is 30.4 Å². The Balaban J connectivity index is 1.31. The molecule has 4 aliphatic carbocycles. The second-order valence-corrected chi connectivity index (χ2v) is 9.93. The summed E-state index contributed by atoms with van der Waals surface area (Å²) in [7, 11) is 0. The molecular formula is C26H22F2N6O. The molecule has 2 bridgehead atoms. The molecule has 4 aliphatic rings. The third-order valence-corrected chi connectivity index (χ3v) is 7.89. The number of nitrogens with one attached hydrogen (secondary N) is 1. The number of aromatic nitrogens is 6. The molecule has 0 unspecified atom stereocenters. The first kappa shape index (κ1) is 20.8. The summed E-state index contributed by atoms with van der Waals surface area (Å²) in [6.07, 6.45) is 4.99. The predicted molar refractivity (Wildman–Crippen MR) is 122 cm³/mol. The van der Waals surface area contributed by atoms with Gasteiger partial charge in [-0.05, 0) is 80.3 Å². The number of aromatic amines is 1. The molecule has 0 atom stereocenters. The molecule has 1 aromatic carbocycles. The lowest BCUT2D eigenvalue weighted by Gasteiger charge is -2.46. The van der Waals surface area contributed by atoms with Gasteiger partial charge in [-0.1, -0.05) is 12.1 Å². The van der Waals surface area contributed by atoms with Crippen molar-refractivity contribution in [2.75, 3.05) is 0 Å². The topological polar surface area (TPSA) is 100 Å². The van der Waals surface area contributed by atoms with Gasteiger partial charge >= 0.3 is 0 Å². The van der Waals surface area contributed by atoms with Crippen LogP contribution < -0.4 is 0 Å². The van der Waals surface area contributed by atoms with E-state index in [0.717, 1.165) is 42.6 Å². The number of hydrogen-bond acceptors (Lipinski definition) is 6. The van der Waals surface area contributed by atoms with Gasteiger partial charge in [-0.25, -0.2) is 18.7 Å². The Morgan fingerprint density at radius 2 is 1.63 bits per heavy atom. The van der Waals surface area contributed by atoms with Crippen molar-refractivity contribution in [2.24, 2.45) is 0 Å². The number of benzene rings is 1. The van der Waals surface area contributed by atoms with E-state index in [-0.39, 0.29) is 17.2 Å². The van der Waals surface area contributed by atoms with Crippen molar-refractivity contribution in [3.05, 3.63) is 76.9 Å². The standard InChI is InChI=1S/C26H22F2N6O/c27-16-3-1-4-17(28)21(16)19-13-15-14-7-9-25(10-8-14,22(15)32-31-19)20-6-2-5-18(29-20)23-30-24(34-33-23)26(35)11-12-26/h1-6,13-14,35H,7-12H2,(H,30,33,34). The third kappa shape index (κ3) is 3.07. The van der Waals surface area contributed by atoms with Crippen molar-refractivity contribution in [3.8, 4) is 22.8 Å². The highest BCUT2D eigenvalue weighted by atomic mass is 19.1. The summed E-state index contributed by atoms with van der Waals surface area (Å²) in [6, 6.07) is 11.4. The van der Waals surface area contributed by atoms with E-state index in [1.54, 1.807) is 0 Å². The molecule has 0 spiro atoms. The maximum absolute atomic E-state index is 14.4. The van der Waals surface area contributed by atoms with Crippen molar-refractivity contribution in [3.63, 3.8) is 0 Å². The van der Waals surface area contributed by atoms with Crippen LogP contribution in [0.5, 0.6) is 0 Å².